The monoisotopic (exact) mass is 449 g/mol. The maximum absolute atomic E-state index is 13.4. The number of para-hydroxylation sites is 1. The van der Waals surface area contributed by atoms with Crippen LogP contribution in [0.1, 0.15) is 59.5 Å². The number of nitrogens with one attached hydrogen (secondary N) is 1. The molecule has 0 spiro atoms. The van der Waals surface area contributed by atoms with Crippen LogP contribution in [-0.2, 0) is 12.8 Å². The predicted molar refractivity (Wildman–Crippen MR) is 127 cm³/mol. The molecule has 1 amide bonds. The van der Waals surface area contributed by atoms with Crippen molar-refractivity contribution >= 4 is 5.91 Å². The molecule has 2 aromatic carbocycles. The lowest BCUT2D eigenvalue weighted by molar-refractivity contribution is 0.0933. The molecule has 1 aliphatic rings. The van der Waals surface area contributed by atoms with Gasteiger partial charge in [-0.1, -0.05) is 24.6 Å². The van der Waals surface area contributed by atoms with Crippen LogP contribution in [0.15, 0.2) is 42.5 Å². The summed E-state index contributed by atoms with van der Waals surface area (Å²) in [5, 5.41) is 7.90. The van der Waals surface area contributed by atoms with Crippen molar-refractivity contribution in [3.63, 3.8) is 0 Å². The van der Waals surface area contributed by atoms with Gasteiger partial charge in [0.05, 0.1) is 33.1 Å². The molecule has 1 atom stereocenters. The van der Waals surface area contributed by atoms with E-state index in [0.29, 0.717) is 22.9 Å². The Labute approximate surface area is 194 Å². The van der Waals surface area contributed by atoms with Crippen LogP contribution in [0, 0.1) is 0 Å². The predicted octanol–water partition coefficient (Wildman–Crippen LogP) is 4.66. The van der Waals surface area contributed by atoms with Crippen LogP contribution in [0.4, 0.5) is 0 Å². The van der Waals surface area contributed by atoms with Crippen molar-refractivity contribution in [1.29, 1.82) is 0 Å². The summed E-state index contributed by atoms with van der Waals surface area (Å²) in [4.78, 5) is 13.4. The van der Waals surface area contributed by atoms with Gasteiger partial charge in [0.25, 0.3) is 5.91 Å². The molecule has 0 radical (unpaired) electrons. The fraction of sp³-hybridized carbons (Fsp3) is 0.385. The van der Waals surface area contributed by atoms with E-state index >= 15 is 0 Å². The average molecular weight is 450 g/mol. The number of hydrogen-bond acceptors (Lipinski definition) is 5. The zero-order valence-corrected chi connectivity index (χ0v) is 19.7. The van der Waals surface area contributed by atoms with E-state index in [9.17, 15) is 4.79 Å². The minimum Gasteiger partial charge on any atom is -0.493 e. The van der Waals surface area contributed by atoms with Crippen molar-refractivity contribution in [3.8, 4) is 22.9 Å². The molecule has 4 rings (SSSR count). The minimum absolute atomic E-state index is 0.177. The van der Waals surface area contributed by atoms with E-state index in [-0.39, 0.29) is 11.9 Å². The van der Waals surface area contributed by atoms with Gasteiger partial charge >= 0.3 is 0 Å². The third-order valence-electron chi connectivity index (χ3n) is 6.18. The summed E-state index contributed by atoms with van der Waals surface area (Å²) < 4.78 is 18.3. The molecule has 7 nitrogen and oxygen atoms in total. The van der Waals surface area contributed by atoms with Crippen LogP contribution in [0.5, 0.6) is 17.2 Å². The van der Waals surface area contributed by atoms with Crippen LogP contribution in [0.3, 0.4) is 0 Å². The Kier molecular flexibility index (Phi) is 6.87. The van der Waals surface area contributed by atoms with Crippen LogP contribution >= 0.6 is 0 Å². The molecule has 1 aliphatic carbocycles. The van der Waals surface area contributed by atoms with Gasteiger partial charge in [0.1, 0.15) is 0 Å². The summed E-state index contributed by atoms with van der Waals surface area (Å²) in [7, 11) is 4.73. The lowest BCUT2D eigenvalue weighted by Crippen LogP contribution is -2.28. The highest BCUT2D eigenvalue weighted by atomic mass is 16.5. The second-order valence-corrected chi connectivity index (χ2v) is 8.24. The van der Waals surface area contributed by atoms with E-state index in [4.69, 9.17) is 19.3 Å². The highest BCUT2D eigenvalue weighted by Crippen LogP contribution is 2.39. The van der Waals surface area contributed by atoms with E-state index in [2.05, 4.69) is 5.32 Å². The number of methoxy groups -OCH3 is 3. The van der Waals surface area contributed by atoms with Gasteiger partial charge in [-0.05, 0) is 62.4 Å². The number of amides is 1. The van der Waals surface area contributed by atoms with Gasteiger partial charge in [0.2, 0.25) is 5.75 Å². The Balaban J connectivity index is 1.66. The molecular weight excluding hydrogens is 418 g/mol. The van der Waals surface area contributed by atoms with Crippen molar-refractivity contribution in [3.05, 3.63) is 65.0 Å². The summed E-state index contributed by atoms with van der Waals surface area (Å²) >= 11 is 0. The smallest absolute Gasteiger partial charge is 0.272 e. The first-order valence-corrected chi connectivity index (χ1v) is 11.3. The Bertz CT molecular complexity index is 1100. The largest absolute Gasteiger partial charge is 0.493 e. The number of carbonyl (C=O) groups excluding carboxylic acids is 1. The highest BCUT2D eigenvalue weighted by Gasteiger charge is 2.26. The van der Waals surface area contributed by atoms with Gasteiger partial charge in [-0.15, -0.1) is 0 Å². The normalized spacial score (nSPS) is 14.1. The lowest BCUT2D eigenvalue weighted by Gasteiger charge is -2.18. The fourth-order valence-electron chi connectivity index (χ4n) is 4.44. The molecule has 33 heavy (non-hydrogen) atoms. The summed E-state index contributed by atoms with van der Waals surface area (Å²) in [6.07, 6.45) is 5.12. The second-order valence-electron chi connectivity index (χ2n) is 8.24. The molecule has 7 heteroatoms. The Morgan fingerprint density at radius 1 is 0.970 bits per heavy atom. The number of ether oxygens (including phenoxy) is 3. The van der Waals surface area contributed by atoms with E-state index < -0.39 is 0 Å². The van der Waals surface area contributed by atoms with E-state index in [0.717, 1.165) is 54.6 Å². The van der Waals surface area contributed by atoms with Crippen molar-refractivity contribution < 1.29 is 19.0 Å². The number of benzene rings is 2. The summed E-state index contributed by atoms with van der Waals surface area (Å²) in [6, 6.07) is 13.5. The van der Waals surface area contributed by atoms with Gasteiger partial charge in [-0.2, -0.15) is 5.10 Å². The van der Waals surface area contributed by atoms with Crippen LogP contribution in [0.2, 0.25) is 0 Å². The van der Waals surface area contributed by atoms with Crippen molar-refractivity contribution in [2.75, 3.05) is 21.3 Å². The first-order valence-electron chi connectivity index (χ1n) is 11.3. The summed E-state index contributed by atoms with van der Waals surface area (Å²) in [5.74, 6) is 1.45. The third-order valence-corrected chi connectivity index (χ3v) is 6.18. The first kappa shape index (κ1) is 22.7. The second kappa shape index (κ2) is 9.98. The number of rotatable bonds is 7. The molecule has 1 heterocycles. The zero-order chi connectivity index (χ0) is 23.4. The number of nitrogens with zero attached hydrogens (tertiary/aromatic N) is 2. The minimum atomic E-state index is -0.283. The number of carbonyl (C=O) groups is 1. The Morgan fingerprint density at radius 2 is 1.64 bits per heavy atom. The fourth-order valence-corrected chi connectivity index (χ4v) is 4.44. The van der Waals surface area contributed by atoms with Crippen LogP contribution in [-0.4, -0.2) is 37.0 Å². The SMILES string of the molecule is COc1cc(C(C)NC(=O)c2nn(-c3ccccc3)c3c2CCCCC3)cc(OC)c1OC. The average Bonchev–Trinajstić information content (AvgIpc) is 3.04. The molecule has 1 aromatic heterocycles. The number of aromatic nitrogens is 2. The molecule has 174 valence electrons. The quantitative estimate of drug-likeness (QED) is 0.531. The highest BCUT2D eigenvalue weighted by molar-refractivity contribution is 5.94. The van der Waals surface area contributed by atoms with Crippen molar-refractivity contribution in [1.82, 2.24) is 15.1 Å². The standard InChI is InChI=1S/C26H31N3O4/c1-17(18-15-22(31-2)25(33-4)23(16-18)32-3)27-26(30)24-20-13-9-6-10-14-21(20)29(28-24)19-11-7-5-8-12-19/h5,7-8,11-12,15-17H,6,9-10,13-14H2,1-4H3,(H,27,30). The van der Waals surface area contributed by atoms with E-state index in [1.165, 1.54) is 0 Å². The van der Waals surface area contributed by atoms with Gasteiger partial charge in [0, 0.05) is 11.3 Å². The Hall–Kier alpha value is -3.48. The molecule has 1 N–H and O–H groups in total. The summed E-state index contributed by atoms with van der Waals surface area (Å²) in [6.45, 7) is 1.94. The third kappa shape index (κ3) is 4.53. The molecule has 0 saturated heterocycles. The molecule has 0 aliphatic heterocycles. The van der Waals surface area contributed by atoms with Crippen molar-refractivity contribution in [2.24, 2.45) is 0 Å². The molecule has 0 bridgehead atoms. The van der Waals surface area contributed by atoms with Gasteiger partial charge in [0.15, 0.2) is 17.2 Å². The van der Waals surface area contributed by atoms with Crippen LogP contribution < -0.4 is 19.5 Å². The molecule has 1 unspecified atom stereocenters. The Morgan fingerprint density at radius 3 is 2.27 bits per heavy atom. The van der Waals surface area contributed by atoms with Gasteiger partial charge in [-0.3, -0.25) is 4.79 Å². The van der Waals surface area contributed by atoms with E-state index in [1.54, 1.807) is 21.3 Å². The maximum Gasteiger partial charge on any atom is 0.272 e. The molecule has 0 fully saturated rings. The molecule has 3 aromatic rings. The summed E-state index contributed by atoms with van der Waals surface area (Å²) in [5.41, 5.74) is 4.55. The van der Waals surface area contributed by atoms with Gasteiger partial charge < -0.3 is 19.5 Å². The maximum atomic E-state index is 13.4. The van der Waals surface area contributed by atoms with E-state index in [1.807, 2.05) is 54.1 Å². The topological polar surface area (TPSA) is 74.6 Å². The number of fused-ring (bicyclic) bond motifs is 1. The molecule has 0 saturated carbocycles. The molecular formula is C26H31N3O4. The first-order chi connectivity index (χ1) is 16.1. The van der Waals surface area contributed by atoms with Gasteiger partial charge in [-0.25, -0.2) is 4.68 Å². The zero-order valence-electron chi connectivity index (χ0n) is 19.7. The van der Waals surface area contributed by atoms with Crippen molar-refractivity contribution in [2.45, 2.75) is 45.1 Å². The number of hydrogen-bond donors (Lipinski definition) is 1. The lowest BCUT2D eigenvalue weighted by atomic mass is 10.0. The van der Waals surface area contributed by atoms with Crippen LogP contribution in [0.25, 0.3) is 5.69 Å².